The van der Waals surface area contributed by atoms with Gasteiger partial charge < -0.3 is 4.74 Å². The van der Waals surface area contributed by atoms with E-state index in [0.717, 1.165) is 32.6 Å². The van der Waals surface area contributed by atoms with Gasteiger partial charge in [0.05, 0.1) is 6.20 Å². The summed E-state index contributed by atoms with van der Waals surface area (Å²) in [5.41, 5.74) is 2.43. The molecular formula is C15H17IN2O. The lowest BCUT2D eigenvalue weighted by molar-refractivity contribution is 0.0601. The highest BCUT2D eigenvalue weighted by atomic mass is 127. The first-order valence-electron chi connectivity index (χ1n) is 6.67. The molecule has 0 N–H and O–H groups in total. The van der Waals surface area contributed by atoms with Crippen LogP contribution in [0.1, 0.15) is 12.8 Å². The second-order valence-corrected chi connectivity index (χ2v) is 6.26. The minimum atomic E-state index is 0.707. The van der Waals surface area contributed by atoms with Crippen molar-refractivity contribution in [2.24, 2.45) is 5.92 Å². The molecule has 4 heteroatoms. The molecule has 1 aromatic heterocycles. The number of nitrogens with zero attached hydrogens (tertiary/aromatic N) is 2. The Hall–Kier alpha value is -0.880. The maximum absolute atomic E-state index is 5.39. The average Bonchev–Trinajstić information content (AvgIpc) is 2.89. The zero-order valence-corrected chi connectivity index (χ0v) is 12.9. The van der Waals surface area contributed by atoms with E-state index >= 15 is 0 Å². The highest BCUT2D eigenvalue weighted by Crippen LogP contribution is 2.21. The predicted molar refractivity (Wildman–Crippen MR) is 83.9 cm³/mol. The number of aromatic nitrogens is 2. The van der Waals surface area contributed by atoms with E-state index < -0.39 is 0 Å². The molecule has 1 aliphatic rings. The molecule has 0 saturated carbocycles. The third-order valence-electron chi connectivity index (χ3n) is 3.60. The summed E-state index contributed by atoms with van der Waals surface area (Å²) in [7, 11) is 0. The molecule has 100 valence electrons. The van der Waals surface area contributed by atoms with E-state index in [1.165, 1.54) is 14.7 Å². The van der Waals surface area contributed by atoms with Crippen LogP contribution in [-0.2, 0) is 11.3 Å². The van der Waals surface area contributed by atoms with Gasteiger partial charge in [0.1, 0.15) is 0 Å². The summed E-state index contributed by atoms with van der Waals surface area (Å²) in [6, 6.07) is 8.56. The Morgan fingerprint density at radius 2 is 1.89 bits per heavy atom. The molecule has 3 nitrogen and oxygen atoms in total. The standard InChI is InChI=1S/C15H17IN2O/c16-15-3-1-13(2-4-15)14-9-17-18(11-14)10-12-5-7-19-8-6-12/h1-4,9,11-12H,5-8,10H2. The van der Waals surface area contributed by atoms with Gasteiger partial charge in [-0.25, -0.2) is 0 Å². The van der Waals surface area contributed by atoms with E-state index in [4.69, 9.17) is 4.74 Å². The molecule has 1 saturated heterocycles. The minimum absolute atomic E-state index is 0.707. The minimum Gasteiger partial charge on any atom is -0.381 e. The first-order chi connectivity index (χ1) is 9.31. The lowest BCUT2D eigenvalue weighted by atomic mass is 10.0. The maximum Gasteiger partial charge on any atom is 0.0568 e. The van der Waals surface area contributed by atoms with Crippen LogP contribution in [0.3, 0.4) is 0 Å². The molecule has 0 atom stereocenters. The average molecular weight is 368 g/mol. The molecule has 0 radical (unpaired) electrons. The Morgan fingerprint density at radius 1 is 1.16 bits per heavy atom. The van der Waals surface area contributed by atoms with Gasteiger partial charge in [-0.15, -0.1) is 0 Å². The number of ether oxygens (including phenoxy) is 1. The van der Waals surface area contributed by atoms with E-state index in [0.29, 0.717) is 5.92 Å². The molecule has 1 aromatic carbocycles. The highest BCUT2D eigenvalue weighted by Gasteiger charge is 2.14. The van der Waals surface area contributed by atoms with Gasteiger partial charge in [0, 0.05) is 35.1 Å². The van der Waals surface area contributed by atoms with E-state index in [-0.39, 0.29) is 0 Å². The van der Waals surface area contributed by atoms with Crippen LogP contribution in [0.5, 0.6) is 0 Å². The van der Waals surface area contributed by atoms with Crippen molar-refractivity contribution in [3.8, 4) is 11.1 Å². The Kier molecular flexibility index (Phi) is 4.18. The van der Waals surface area contributed by atoms with Crippen molar-refractivity contribution in [3.05, 3.63) is 40.2 Å². The first kappa shape index (κ1) is 13.1. The summed E-state index contributed by atoms with van der Waals surface area (Å²) in [5.74, 6) is 0.707. The van der Waals surface area contributed by atoms with Crippen LogP contribution in [0.2, 0.25) is 0 Å². The molecule has 0 amide bonds. The van der Waals surface area contributed by atoms with Crippen molar-refractivity contribution in [2.75, 3.05) is 13.2 Å². The van der Waals surface area contributed by atoms with Crippen LogP contribution >= 0.6 is 22.6 Å². The fourth-order valence-corrected chi connectivity index (χ4v) is 2.81. The first-order valence-corrected chi connectivity index (χ1v) is 7.75. The van der Waals surface area contributed by atoms with Gasteiger partial charge in [0.2, 0.25) is 0 Å². The molecule has 2 heterocycles. The second kappa shape index (κ2) is 6.05. The fraction of sp³-hybridized carbons (Fsp3) is 0.400. The van der Waals surface area contributed by atoms with Crippen LogP contribution in [0, 0.1) is 9.49 Å². The van der Waals surface area contributed by atoms with Gasteiger partial charge >= 0.3 is 0 Å². The molecule has 1 fully saturated rings. The second-order valence-electron chi connectivity index (χ2n) is 5.01. The maximum atomic E-state index is 5.39. The van der Waals surface area contributed by atoms with Gasteiger partial charge in [-0.3, -0.25) is 4.68 Å². The fourth-order valence-electron chi connectivity index (χ4n) is 2.45. The lowest BCUT2D eigenvalue weighted by Gasteiger charge is -2.21. The summed E-state index contributed by atoms with van der Waals surface area (Å²) in [6.45, 7) is 2.81. The van der Waals surface area contributed by atoms with Crippen LogP contribution in [0.25, 0.3) is 11.1 Å². The van der Waals surface area contributed by atoms with Crippen molar-refractivity contribution >= 4 is 22.6 Å². The zero-order chi connectivity index (χ0) is 13.1. The van der Waals surface area contributed by atoms with E-state index in [9.17, 15) is 0 Å². The van der Waals surface area contributed by atoms with Crippen molar-refractivity contribution in [3.63, 3.8) is 0 Å². The summed E-state index contributed by atoms with van der Waals surface area (Å²) in [6.07, 6.45) is 6.41. The van der Waals surface area contributed by atoms with Gasteiger partial charge in [0.15, 0.2) is 0 Å². The third kappa shape index (κ3) is 3.36. The molecule has 0 aliphatic carbocycles. The normalized spacial score (nSPS) is 16.7. The summed E-state index contributed by atoms with van der Waals surface area (Å²) in [5, 5.41) is 4.48. The largest absolute Gasteiger partial charge is 0.381 e. The topological polar surface area (TPSA) is 27.1 Å². The SMILES string of the molecule is Ic1ccc(-c2cnn(CC3CCOCC3)c2)cc1. The van der Waals surface area contributed by atoms with E-state index in [1.807, 2.05) is 6.20 Å². The predicted octanol–water partition coefficient (Wildman–Crippen LogP) is 3.58. The quantitative estimate of drug-likeness (QED) is 0.775. The highest BCUT2D eigenvalue weighted by molar-refractivity contribution is 14.1. The van der Waals surface area contributed by atoms with Crippen LogP contribution in [0.15, 0.2) is 36.7 Å². The summed E-state index contributed by atoms with van der Waals surface area (Å²) < 4.78 is 8.73. The molecule has 0 bridgehead atoms. The van der Waals surface area contributed by atoms with Crippen LogP contribution in [-0.4, -0.2) is 23.0 Å². The molecular weight excluding hydrogens is 351 g/mol. The van der Waals surface area contributed by atoms with Crippen molar-refractivity contribution in [1.82, 2.24) is 9.78 Å². The van der Waals surface area contributed by atoms with Crippen molar-refractivity contribution in [1.29, 1.82) is 0 Å². The van der Waals surface area contributed by atoms with Gasteiger partial charge in [0.25, 0.3) is 0 Å². The Bertz CT molecular complexity index is 529. The lowest BCUT2D eigenvalue weighted by Crippen LogP contribution is -2.20. The Morgan fingerprint density at radius 3 is 2.63 bits per heavy atom. The van der Waals surface area contributed by atoms with Crippen LogP contribution in [0.4, 0.5) is 0 Å². The third-order valence-corrected chi connectivity index (χ3v) is 4.32. The molecule has 1 aliphatic heterocycles. The van der Waals surface area contributed by atoms with E-state index in [2.05, 4.69) is 62.8 Å². The molecule has 19 heavy (non-hydrogen) atoms. The zero-order valence-electron chi connectivity index (χ0n) is 10.8. The van der Waals surface area contributed by atoms with Crippen molar-refractivity contribution in [2.45, 2.75) is 19.4 Å². The van der Waals surface area contributed by atoms with Crippen LogP contribution < -0.4 is 0 Å². The van der Waals surface area contributed by atoms with Gasteiger partial charge in [-0.05, 0) is 59.0 Å². The van der Waals surface area contributed by atoms with Gasteiger partial charge in [-0.2, -0.15) is 5.10 Å². The number of hydrogen-bond acceptors (Lipinski definition) is 2. The number of halogens is 1. The van der Waals surface area contributed by atoms with Crippen molar-refractivity contribution < 1.29 is 4.74 Å². The van der Waals surface area contributed by atoms with E-state index in [1.54, 1.807) is 0 Å². The molecule has 3 rings (SSSR count). The molecule has 0 spiro atoms. The number of rotatable bonds is 3. The Balaban J connectivity index is 1.70. The number of benzene rings is 1. The monoisotopic (exact) mass is 368 g/mol. The molecule has 2 aromatic rings. The number of hydrogen-bond donors (Lipinski definition) is 0. The smallest absolute Gasteiger partial charge is 0.0568 e. The van der Waals surface area contributed by atoms with Gasteiger partial charge in [-0.1, -0.05) is 12.1 Å². The summed E-state index contributed by atoms with van der Waals surface area (Å²) in [4.78, 5) is 0. The Labute approximate surface area is 127 Å². The molecule has 0 unspecified atom stereocenters. The summed E-state index contributed by atoms with van der Waals surface area (Å²) >= 11 is 2.32.